The Bertz CT molecular complexity index is 332. The molecule has 0 aromatic rings. The highest BCUT2D eigenvalue weighted by molar-refractivity contribution is 6.02. The number of carbonyl (C=O) groups excluding carboxylic acids is 3. The van der Waals surface area contributed by atoms with Crippen molar-refractivity contribution in [3.8, 4) is 0 Å². The van der Waals surface area contributed by atoms with Gasteiger partial charge in [-0.15, -0.1) is 0 Å². The highest BCUT2D eigenvalue weighted by Crippen LogP contribution is 2.27. The average Bonchev–Trinajstić information content (AvgIpc) is 2.76. The summed E-state index contributed by atoms with van der Waals surface area (Å²) in [4.78, 5) is 34.0. The summed E-state index contributed by atoms with van der Waals surface area (Å²) in [6.45, 7) is 2.48. The van der Waals surface area contributed by atoms with Crippen molar-refractivity contribution in [3.05, 3.63) is 0 Å². The predicted octanol–water partition coefficient (Wildman–Crippen LogP) is -2.03. The fraction of sp³-hybridized carbons (Fsp3) is 0.700. The van der Waals surface area contributed by atoms with Crippen LogP contribution in [0.15, 0.2) is 0 Å². The van der Waals surface area contributed by atoms with Crippen molar-refractivity contribution in [3.63, 3.8) is 0 Å². The molecule has 1 fully saturated rings. The number of hydrogen-bond donors (Lipinski definition) is 0. The molecule has 0 bridgehead atoms. The van der Waals surface area contributed by atoms with Gasteiger partial charge in [-0.1, -0.05) is 0 Å². The van der Waals surface area contributed by atoms with Crippen molar-refractivity contribution < 1.29 is 38.4 Å². The number of rotatable bonds is 5. The topological polar surface area (TPSA) is 111 Å². The molecule has 0 unspecified atom stereocenters. The van der Waals surface area contributed by atoms with E-state index in [0.717, 1.165) is 0 Å². The summed E-state index contributed by atoms with van der Waals surface area (Å²) in [6, 6.07) is 0. The van der Waals surface area contributed by atoms with Gasteiger partial charge < -0.3 is 28.8 Å². The van der Waals surface area contributed by atoms with Crippen LogP contribution in [-0.4, -0.2) is 49.6 Å². The summed E-state index contributed by atoms with van der Waals surface area (Å²) in [5.74, 6) is -6.36. The lowest BCUT2D eigenvalue weighted by Gasteiger charge is -2.23. The van der Waals surface area contributed by atoms with Gasteiger partial charge in [0.15, 0.2) is 0 Å². The predicted molar refractivity (Wildman–Crippen MR) is 51.8 cm³/mol. The Morgan fingerprint density at radius 2 is 1.72 bits per heavy atom. The van der Waals surface area contributed by atoms with Crippen molar-refractivity contribution in [2.24, 2.45) is 0 Å². The lowest BCUT2D eigenvalue weighted by Crippen LogP contribution is -2.51. The lowest BCUT2D eigenvalue weighted by atomic mass is 10.3. The molecule has 0 N–H and O–H groups in total. The minimum atomic E-state index is -2.48. The lowest BCUT2D eigenvalue weighted by molar-refractivity contribution is -0.316. The molecular formula is C10H13O8-. The molecule has 1 aliphatic heterocycles. The van der Waals surface area contributed by atoms with Crippen molar-refractivity contribution in [1.29, 1.82) is 0 Å². The van der Waals surface area contributed by atoms with Gasteiger partial charge in [0.25, 0.3) is 0 Å². The quantitative estimate of drug-likeness (QED) is 0.411. The molecule has 8 nitrogen and oxygen atoms in total. The molecule has 0 aromatic heterocycles. The summed E-state index contributed by atoms with van der Waals surface area (Å²) in [5, 5.41) is 10.6. The molecule has 1 atom stereocenters. The summed E-state index contributed by atoms with van der Waals surface area (Å²) < 4.78 is 18.9. The second-order valence-electron chi connectivity index (χ2n) is 3.29. The zero-order valence-corrected chi connectivity index (χ0v) is 9.96. The molecule has 1 heterocycles. The average molecular weight is 261 g/mol. The number of carboxylic acid groups (broad SMARTS) is 1. The first-order chi connectivity index (χ1) is 8.47. The van der Waals surface area contributed by atoms with Crippen LogP contribution in [0.25, 0.3) is 0 Å². The maximum atomic E-state index is 11.7. The van der Waals surface area contributed by atoms with Crippen molar-refractivity contribution in [1.82, 2.24) is 0 Å². The van der Waals surface area contributed by atoms with Crippen molar-refractivity contribution >= 4 is 17.9 Å². The third kappa shape index (κ3) is 2.59. The Kier molecular flexibility index (Phi) is 4.62. The number of carboxylic acids is 1. The molecule has 102 valence electrons. The number of ether oxygens (including phenoxy) is 4. The Balaban J connectivity index is 2.93. The van der Waals surface area contributed by atoms with Gasteiger partial charge in [-0.3, -0.25) is 0 Å². The highest BCUT2D eigenvalue weighted by Gasteiger charge is 2.58. The number of hydrogen-bond acceptors (Lipinski definition) is 8. The summed E-state index contributed by atoms with van der Waals surface area (Å²) in [7, 11) is 0. The van der Waals surface area contributed by atoms with Crippen LogP contribution in [0.2, 0.25) is 0 Å². The summed E-state index contributed by atoms with van der Waals surface area (Å²) in [6.07, 6.45) is -1.53. The highest BCUT2D eigenvalue weighted by atomic mass is 16.8. The molecule has 18 heavy (non-hydrogen) atoms. The summed E-state index contributed by atoms with van der Waals surface area (Å²) >= 11 is 0. The molecule has 1 rings (SSSR count). The molecule has 1 saturated heterocycles. The molecule has 0 aliphatic carbocycles. The van der Waals surface area contributed by atoms with Crippen LogP contribution in [0.1, 0.15) is 13.8 Å². The van der Waals surface area contributed by atoms with E-state index in [9.17, 15) is 19.5 Å². The van der Waals surface area contributed by atoms with E-state index in [1.807, 2.05) is 0 Å². The van der Waals surface area contributed by atoms with Gasteiger partial charge in [0.2, 0.25) is 0 Å². The number of esters is 2. The zero-order chi connectivity index (χ0) is 13.8. The van der Waals surface area contributed by atoms with Crippen LogP contribution in [0.4, 0.5) is 0 Å². The van der Waals surface area contributed by atoms with E-state index in [1.165, 1.54) is 13.8 Å². The Labute approximate surface area is 103 Å². The SMILES string of the molecule is CCOC(=O)C1(C(=O)OCC)OC[C@@H](C(=O)[O-])O1. The van der Waals surface area contributed by atoms with Crippen molar-refractivity contribution in [2.75, 3.05) is 19.8 Å². The molecule has 8 heteroatoms. The van der Waals surface area contributed by atoms with E-state index in [4.69, 9.17) is 9.47 Å². The maximum Gasteiger partial charge on any atom is 0.379 e. The van der Waals surface area contributed by atoms with E-state index in [2.05, 4.69) is 9.47 Å². The Morgan fingerprint density at radius 1 is 1.22 bits per heavy atom. The fourth-order valence-corrected chi connectivity index (χ4v) is 1.33. The van der Waals surface area contributed by atoms with Gasteiger partial charge in [-0.25, -0.2) is 9.59 Å². The monoisotopic (exact) mass is 261 g/mol. The van der Waals surface area contributed by atoms with Crippen LogP contribution in [0.5, 0.6) is 0 Å². The van der Waals surface area contributed by atoms with Crippen LogP contribution >= 0.6 is 0 Å². The first kappa shape index (κ1) is 14.4. The molecular weight excluding hydrogens is 248 g/mol. The van der Waals surface area contributed by atoms with Gasteiger partial charge in [0, 0.05) is 0 Å². The standard InChI is InChI=1S/C10H14O8/c1-3-15-8(13)10(9(14)16-4-2)17-5-6(18-10)7(11)12/h6H,3-5H2,1-2H3,(H,11,12)/p-1/t6-/m0/s1. The van der Waals surface area contributed by atoms with Gasteiger partial charge >= 0.3 is 17.7 Å². The molecule has 0 aromatic carbocycles. The van der Waals surface area contributed by atoms with Crippen molar-refractivity contribution in [2.45, 2.75) is 25.7 Å². The second-order valence-corrected chi connectivity index (χ2v) is 3.29. The third-order valence-corrected chi connectivity index (χ3v) is 2.10. The Hall–Kier alpha value is -1.67. The van der Waals surface area contributed by atoms with Crippen LogP contribution < -0.4 is 5.11 Å². The smallest absolute Gasteiger partial charge is 0.379 e. The van der Waals surface area contributed by atoms with Gasteiger partial charge in [0.1, 0.15) is 6.10 Å². The van der Waals surface area contributed by atoms with Gasteiger partial charge in [-0.05, 0) is 13.8 Å². The number of aliphatic carboxylic acids is 1. The molecule has 0 amide bonds. The first-order valence-electron chi connectivity index (χ1n) is 5.35. The number of carbonyl (C=O) groups is 3. The zero-order valence-electron chi connectivity index (χ0n) is 9.96. The van der Waals surface area contributed by atoms with Crippen LogP contribution in [-0.2, 0) is 33.3 Å². The largest absolute Gasteiger partial charge is 0.547 e. The van der Waals surface area contributed by atoms with Gasteiger partial charge in [-0.2, -0.15) is 0 Å². The fourth-order valence-electron chi connectivity index (χ4n) is 1.33. The van der Waals surface area contributed by atoms with E-state index in [1.54, 1.807) is 0 Å². The molecule has 0 radical (unpaired) electrons. The summed E-state index contributed by atoms with van der Waals surface area (Å²) in [5.41, 5.74) is 0. The molecule has 1 aliphatic rings. The maximum absolute atomic E-state index is 11.7. The Morgan fingerprint density at radius 3 is 2.06 bits per heavy atom. The van der Waals surface area contributed by atoms with E-state index in [0.29, 0.717) is 0 Å². The minimum absolute atomic E-state index is 0.0251. The van der Waals surface area contributed by atoms with Crippen LogP contribution in [0, 0.1) is 0 Å². The van der Waals surface area contributed by atoms with E-state index >= 15 is 0 Å². The molecule has 0 saturated carbocycles. The second kappa shape index (κ2) is 5.78. The third-order valence-electron chi connectivity index (χ3n) is 2.10. The first-order valence-corrected chi connectivity index (χ1v) is 5.35. The van der Waals surface area contributed by atoms with E-state index in [-0.39, 0.29) is 13.2 Å². The van der Waals surface area contributed by atoms with Crippen LogP contribution in [0.3, 0.4) is 0 Å². The van der Waals surface area contributed by atoms with E-state index < -0.39 is 36.4 Å². The molecule has 0 spiro atoms. The normalized spacial score (nSPS) is 21.3. The minimum Gasteiger partial charge on any atom is -0.547 e. The van der Waals surface area contributed by atoms with Gasteiger partial charge in [0.05, 0.1) is 25.8 Å².